The Morgan fingerprint density at radius 2 is 1.64 bits per heavy atom. The van der Waals surface area contributed by atoms with Gasteiger partial charge >= 0.3 is 6.09 Å². The van der Waals surface area contributed by atoms with E-state index in [0.29, 0.717) is 19.1 Å². The van der Waals surface area contributed by atoms with Crippen LogP contribution in [0.15, 0.2) is 48.5 Å². The predicted octanol–water partition coefficient (Wildman–Crippen LogP) is 3.90. The summed E-state index contributed by atoms with van der Waals surface area (Å²) in [5.41, 5.74) is 10.6. The molecule has 0 radical (unpaired) electrons. The zero-order valence-corrected chi connectivity index (χ0v) is 14.9. The molecule has 25 heavy (non-hydrogen) atoms. The van der Waals surface area contributed by atoms with Gasteiger partial charge in [-0.05, 0) is 34.6 Å². The number of benzene rings is 2. The number of alkyl carbamates (subject to hydrolysis) is 1. The van der Waals surface area contributed by atoms with Crippen LogP contribution in [0.1, 0.15) is 37.3 Å². The third-order valence-corrected chi connectivity index (χ3v) is 4.71. The van der Waals surface area contributed by atoms with E-state index in [2.05, 4.69) is 43.4 Å². The van der Waals surface area contributed by atoms with E-state index >= 15 is 0 Å². The quantitative estimate of drug-likeness (QED) is 0.839. The lowest BCUT2D eigenvalue weighted by Crippen LogP contribution is -2.41. The van der Waals surface area contributed by atoms with Crippen LogP contribution >= 0.6 is 0 Å². The first-order chi connectivity index (χ1) is 12.1. The van der Waals surface area contributed by atoms with Crippen molar-refractivity contribution in [2.45, 2.75) is 32.2 Å². The van der Waals surface area contributed by atoms with Crippen molar-refractivity contribution in [3.05, 3.63) is 59.7 Å². The molecule has 132 valence electrons. The van der Waals surface area contributed by atoms with Gasteiger partial charge in [-0.2, -0.15) is 0 Å². The number of carbonyl (C=O) groups is 1. The number of amides is 1. The molecule has 2 aromatic carbocycles. The van der Waals surface area contributed by atoms with Crippen molar-refractivity contribution in [3.63, 3.8) is 0 Å². The Labute approximate surface area is 149 Å². The fourth-order valence-corrected chi connectivity index (χ4v) is 3.59. The zero-order valence-electron chi connectivity index (χ0n) is 14.9. The van der Waals surface area contributed by atoms with E-state index < -0.39 is 6.09 Å². The SMILES string of the molecule is CC(C)C[C@@H](CN)NC(=O)OCC1c2ccccc2-c2ccccc21. The van der Waals surface area contributed by atoms with Gasteiger partial charge in [0, 0.05) is 18.5 Å². The van der Waals surface area contributed by atoms with Crippen molar-refractivity contribution in [1.82, 2.24) is 5.32 Å². The molecule has 0 heterocycles. The fraction of sp³-hybridized carbons (Fsp3) is 0.381. The summed E-state index contributed by atoms with van der Waals surface area (Å²) in [7, 11) is 0. The molecular weight excluding hydrogens is 312 g/mol. The Morgan fingerprint density at radius 3 is 2.16 bits per heavy atom. The minimum absolute atomic E-state index is 0.0457. The van der Waals surface area contributed by atoms with E-state index in [1.807, 2.05) is 24.3 Å². The number of rotatable bonds is 6. The highest BCUT2D eigenvalue weighted by Gasteiger charge is 2.29. The average molecular weight is 338 g/mol. The van der Waals surface area contributed by atoms with Crippen LogP contribution in [0.2, 0.25) is 0 Å². The summed E-state index contributed by atoms with van der Waals surface area (Å²) in [5, 5.41) is 2.88. The summed E-state index contributed by atoms with van der Waals surface area (Å²) in [5.74, 6) is 0.557. The lowest BCUT2D eigenvalue weighted by atomic mass is 9.98. The summed E-state index contributed by atoms with van der Waals surface area (Å²) < 4.78 is 5.55. The van der Waals surface area contributed by atoms with Crippen LogP contribution in [0.5, 0.6) is 0 Å². The van der Waals surface area contributed by atoms with Gasteiger partial charge in [0.25, 0.3) is 0 Å². The third-order valence-electron chi connectivity index (χ3n) is 4.71. The van der Waals surface area contributed by atoms with Crippen LogP contribution in [-0.2, 0) is 4.74 Å². The van der Waals surface area contributed by atoms with Gasteiger partial charge in [-0.3, -0.25) is 0 Å². The number of nitrogens with one attached hydrogen (secondary N) is 1. The van der Waals surface area contributed by atoms with Crippen molar-refractivity contribution in [3.8, 4) is 11.1 Å². The molecule has 3 N–H and O–H groups in total. The first-order valence-corrected chi connectivity index (χ1v) is 8.91. The molecule has 1 aliphatic carbocycles. The molecule has 1 atom stereocenters. The number of nitrogens with two attached hydrogens (primary N) is 1. The van der Waals surface area contributed by atoms with E-state index in [-0.39, 0.29) is 12.0 Å². The normalized spacial score (nSPS) is 14.1. The molecule has 4 nitrogen and oxygen atoms in total. The van der Waals surface area contributed by atoms with E-state index in [1.165, 1.54) is 22.3 Å². The maximum Gasteiger partial charge on any atom is 0.407 e. The van der Waals surface area contributed by atoms with Crippen molar-refractivity contribution < 1.29 is 9.53 Å². The summed E-state index contributed by atoms with van der Waals surface area (Å²) in [4.78, 5) is 12.2. The van der Waals surface area contributed by atoms with Gasteiger partial charge in [0.05, 0.1) is 0 Å². The number of carbonyl (C=O) groups excluding carboxylic acids is 1. The molecule has 0 saturated heterocycles. The minimum atomic E-state index is -0.391. The Balaban J connectivity index is 1.68. The first-order valence-electron chi connectivity index (χ1n) is 8.91. The van der Waals surface area contributed by atoms with E-state index in [1.54, 1.807) is 0 Å². The van der Waals surface area contributed by atoms with Crippen LogP contribution < -0.4 is 11.1 Å². The Bertz CT molecular complexity index is 697. The van der Waals surface area contributed by atoms with E-state index in [4.69, 9.17) is 10.5 Å². The molecule has 4 heteroatoms. The number of hydrogen-bond donors (Lipinski definition) is 2. The van der Waals surface area contributed by atoms with Crippen LogP contribution in [0.3, 0.4) is 0 Å². The van der Waals surface area contributed by atoms with Gasteiger partial charge in [0.2, 0.25) is 0 Å². The number of ether oxygens (including phenoxy) is 1. The minimum Gasteiger partial charge on any atom is -0.449 e. The molecular formula is C21H26N2O2. The van der Waals surface area contributed by atoms with Gasteiger partial charge in [-0.1, -0.05) is 62.4 Å². The third kappa shape index (κ3) is 3.85. The van der Waals surface area contributed by atoms with Crippen molar-refractivity contribution in [2.24, 2.45) is 11.7 Å². The summed E-state index contributed by atoms with van der Waals surface area (Å²) in [6, 6.07) is 16.6. The van der Waals surface area contributed by atoms with E-state index in [9.17, 15) is 4.79 Å². The molecule has 3 rings (SSSR count). The molecule has 2 aromatic rings. The molecule has 0 fully saturated rings. The maximum atomic E-state index is 12.2. The number of hydrogen-bond acceptors (Lipinski definition) is 3. The Kier molecular flexibility index (Phi) is 5.39. The monoisotopic (exact) mass is 338 g/mol. The highest BCUT2D eigenvalue weighted by atomic mass is 16.5. The molecule has 0 aliphatic heterocycles. The second-order valence-electron chi connectivity index (χ2n) is 7.03. The van der Waals surface area contributed by atoms with Gasteiger partial charge < -0.3 is 15.8 Å². The second-order valence-corrected chi connectivity index (χ2v) is 7.03. The van der Waals surface area contributed by atoms with Crippen molar-refractivity contribution >= 4 is 6.09 Å². The Morgan fingerprint density at radius 1 is 1.08 bits per heavy atom. The Hall–Kier alpha value is -2.33. The second kappa shape index (κ2) is 7.70. The molecule has 0 saturated carbocycles. The standard InChI is InChI=1S/C21H26N2O2/c1-14(2)11-15(12-22)23-21(24)25-13-20-18-9-5-3-7-16(18)17-8-4-6-10-19(17)20/h3-10,14-15,20H,11-13,22H2,1-2H3,(H,23,24)/t15-/m0/s1. The predicted molar refractivity (Wildman–Crippen MR) is 101 cm³/mol. The van der Waals surface area contributed by atoms with E-state index in [0.717, 1.165) is 6.42 Å². The number of fused-ring (bicyclic) bond motifs is 3. The van der Waals surface area contributed by atoms with Crippen LogP contribution in [0.4, 0.5) is 4.79 Å². The van der Waals surface area contributed by atoms with Crippen molar-refractivity contribution in [1.29, 1.82) is 0 Å². The molecule has 1 aliphatic rings. The van der Waals surface area contributed by atoms with Gasteiger partial charge in [-0.15, -0.1) is 0 Å². The van der Waals surface area contributed by atoms with Gasteiger partial charge in [0.1, 0.15) is 6.61 Å². The molecule has 1 amide bonds. The lowest BCUT2D eigenvalue weighted by molar-refractivity contribution is 0.138. The first kappa shape index (κ1) is 17.5. The van der Waals surface area contributed by atoms with Crippen LogP contribution in [0, 0.1) is 5.92 Å². The molecule has 0 aromatic heterocycles. The summed E-state index contributed by atoms with van der Waals surface area (Å²) >= 11 is 0. The smallest absolute Gasteiger partial charge is 0.407 e. The lowest BCUT2D eigenvalue weighted by Gasteiger charge is -2.20. The topological polar surface area (TPSA) is 64.3 Å². The van der Waals surface area contributed by atoms with Gasteiger partial charge in [-0.25, -0.2) is 4.79 Å². The molecule has 0 bridgehead atoms. The van der Waals surface area contributed by atoms with Crippen molar-refractivity contribution in [2.75, 3.05) is 13.2 Å². The molecule has 0 unspecified atom stereocenters. The molecule has 0 spiro atoms. The summed E-state index contributed by atoms with van der Waals surface area (Å²) in [6.45, 7) is 4.98. The summed E-state index contributed by atoms with van der Waals surface area (Å²) in [6.07, 6.45) is 0.457. The highest BCUT2D eigenvalue weighted by molar-refractivity contribution is 5.79. The fourth-order valence-electron chi connectivity index (χ4n) is 3.59. The van der Waals surface area contributed by atoms with Gasteiger partial charge in [0.15, 0.2) is 0 Å². The van der Waals surface area contributed by atoms with Crippen LogP contribution in [-0.4, -0.2) is 25.3 Å². The van der Waals surface area contributed by atoms with Crippen LogP contribution in [0.25, 0.3) is 11.1 Å². The zero-order chi connectivity index (χ0) is 17.8. The maximum absolute atomic E-state index is 12.2. The highest BCUT2D eigenvalue weighted by Crippen LogP contribution is 2.44. The largest absolute Gasteiger partial charge is 0.449 e. The average Bonchev–Trinajstić information content (AvgIpc) is 2.93.